The van der Waals surface area contributed by atoms with Gasteiger partial charge in [0.25, 0.3) is 11.8 Å². The molecule has 0 saturated heterocycles. The molecule has 3 aliphatic heterocycles. The van der Waals surface area contributed by atoms with Gasteiger partial charge in [0.2, 0.25) is 0 Å². The van der Waals surface area contributed by atoms with Crippen LogP contribution in [0.15, 0.2) is 23.2 Å². The van der Waals surface area contributed by atoms with Gasteiger partial charge in [0.05, 0.1) is 30.8 Å². The van der Waals surface area contributed by atoms with Gasteiger partial charge < -0.3 is 15.0 Å². The average Bonchev–Trinajstić information content (AvgIpc) is 2.99. The number of hydrogen-bond donors (Lipinski definition) is 2. The Morgan fingerprint density at radius 3 is 2.74 bits per heavy atom. The smallest absolute Gasteiger partial charge is 0.274 e. The molecule has 0 fully saturated rings. The molecule has 0 spiro atoms. The van der Waals surface area contributed by atoms with Gasteiger partial charge in [0, 0.05) is 7.11 Å². The SMILES string of the molecule is [2H]N1C(C(C)(C)C)C=C2NC3=C(CN([C@H](C)COC)C3=O)C(=O)N21. The molecule has 0 aromatic carbocycles. The Hall–Kier alpha value is -1.86. The molecular weight excluding hydrogens is 296 g/mol. The van der Waals surface area contributed by atoms with Crippen LogP contribution in [0.2, 0.25) is 1.41 Å². The first kappa shape index (κ1) is 14.7. The van der Waals surface area contributed by atoms with E-state index in [2.05, 4.69) is 5.32 Å². The van der Waals surface area contributed by atoms with Crippen LogP contribution in [0, 0.1) is 5.41 Å². The van der Waals surface area contributed by atoms with Crippen LogP contribution in [-0.2, 0) is 14.3 Å². The van der Waals surface area contributed by atoms with Crippen LogP contribution in [0.5, 0.6) is 0 Å². The Bertz CT molecular complexity index is 652. The molecule has 0 aromatic rings. The Balaban J connectivity index is 1.88. The van der Waals surface area contributed by atoms with Crippen molar-refractivity contribution >= 4 is 11.8 Å². The lowest BCUT2D eigenvalue weighted by atomic mass is 9.87. The second kappa shape index (κ2) is 5.35. The summed E-state index contributed by atoms with van der Waals surface area (Å²) in [5, 5.41) is 4.38. The fourth-order valence-corrected chi connectivity index (χ4v) is 2.96. The summed E-state index contributed by atoms with van der Waals surface area (Å²) in [5.74, 6) is -0.0142. The van der Waals surface area contributed by atoms with E-state index < -0.39 is 0 Å². The Labute approximate surface area is 137 Å². The van der Waals surface area contributed by atoms with E-state index in [0.29, 0.717) is 23.7 Å². The normalized spacial score (nSPS) is 26.9. The maximum Gasteiger partial charge on any atom is 0.274 e. The molecule has 2 N–H and O–H groups in total. The van der Waals surface area contributed by atoms with Crippen molar-refractivity contribution in [3.05, 3.63) is 23.2 Å². The number of ether oxygens (including phenoxy) is 1. The minimum atomic E-state index is -0.308. The highest BCUT2D eigenvalue weighted by molar-refractivity contribution is 6.10. The number of methoxy groups -OCH3 is 1. The Morgan fingerprint density at radius 2 is 2.13 bits per heavy atom. The molecule has 0 bridgehead atoms. The minimum absolute atomic E-state index is 0.124. The van der Waals surface area contributed by atoms with Crippen molar-refractivity contribution in [1.82, 2.24) is 20.6 Å². The molecule has 2 atom stereocenters. The standard InChI is InChI=1S/C16H24N4O3/c1-9(8-23-5)19-7-10-13(15(19)22)17-12-6-11(16(2,3)4)18-20(12)14(10)21/h6,9,11,17-18H,7-8H2,1-5H3/t9-,11?/m1/s1/i/hD. The average molecular weight is 321 g/mol. The molecule has 23 heavy (non-hydrogen) atoms. The number of fused-ring (bicyclic) bond motifs is 1. The van der Waals surface area contributed by atoms with Gasteiger partial charge in [0.1, 0.15) is 12.9 Å². The van der Waals surface area contributed by atoms with Gasteiger partial charge in [0.15, 0.2) is 0 Å². The molecule has 7 heteroatoms. The molecule has 3 aliphatic rings. The van der Waals surface area contributed by atoms with Crippen molar-refractivity contribution in [2.75, 3.05) is 20.3 Å². The van der Waals surface area contributed by atoms with E-state index in [1.807, 2.05) is 33.8 Å². The Morgan fingerprint density at radius 1 is 1.43 bits per heavy atom. The van der Waals surface area contributed by atoms with E-state index in [0.717, 1.165) is 0 Å². The summed E-state index contributed by atoms with van der Waals surface area (Å²) in [6.45, 7) is 8.57. The number of carbonyl (C=O) groups is 2. The van der Waals surface area contributed by atoms with Crippen molar-refractivity contribution in [3.63, 3.8) is 0 Å². The van der Waals surface area contributed by atoms with Crippen molar-refractivity contribution in [3.8, 4) is 0 Å². The first-order valence-corrected chi connectivity index (χ1v) is 7.81. The van der Waals surface area contributed by atoms with Crippen molar-refractivity contribution in [1.29, 1.82) is 0 Å². The van der Waals surface area contributed by atoms with Crippen molar-refractivity contribution in [2.45, 2.75) is 39.8 Å². The summed E-state index contributed by atoms with van der Waals surface area (Å²) in [7, 11) is 1.58. The molecule has 126 valence electrons. The van der Waals surface area contributed by atoms with Crippen LogP contribution in [0.3, 0.4) is 0 Å². The molecule has 0 radical (unpaired) electrons. The molecular formula is C16H24N4O3. The zero-order valence-electron chi connectivity index (χ0n) is 15.2. The zero-order chi connectivity index (χ0) is 17.8. The third-order valence-corrected chi connectivity index (χ3v) is 4.42. The van der Waals surface area contributed by atoms with Crippen LogP contribution in [0.4, 0.5) is 0 Å². The van der Waals surface area contributed by atoms with E-state index in [1.165, 1.54) is 10.4 Å². The largest absolute Gasteiger partial charge is 0.383 e. The quantitative estimate of drug-likeness (QED) is 0.783. The number of amides is 2. The van der Waals surface area contributed by atoms with Gasteiger partial charge in [-0.15, -0.1) is 0 Å². The van der Waals surface area contributed by atoms with E-state index in [1.54, 1.807) is 12.0 Å². The summed E-state index contributed by atoms with van der Waals surface area (Å²) < 4.78 is 13.4. The summed E-state index contributed by atoms with van der Waals surface area (Å²) in [6, 6.07) is -0.372. The highest BCUT2D eigenvalue weighted by atomic mass is 16.5. The first-order valence-electron chi connectivity index (χ1n) is 8.26. The van der Waals surface area contributed by atoms with E-state index in [9.17, 15) is 9.59 Å². The van der Waals surface area contributed by atoms with E-state index in [-0.39, 0.29) is 35.9 Å². The molecule has 0 aromatic heterocycles. The van der Waals surface area contributed by atoms with Gasteiger partial charge >= 0.3 is 0 Å². The molecule has 7 nitrogen and oxygen atoms in total. The van der Waals surface area contributed by atoms with Gasteiger partial charge in [-0.05, 0) is 18.4 Å². The van der Waals surface area contributed by atoms with Crippen LogP contribution in [0.25, 0.3) is 0 Å². The number of rotatable bonds is 3. The lowest BCUT2D eigenvalue weighted by Gasteiger charge is -2.30. The monoisotopic (exact) mass is 321 g/mol. The number of nitrogens with one attached hydrogen (secondary N) is 2. The van der Waals surface area contributed by atoms with Gasteiger partial charge in [-0.3, -0.25) is 9.59 Å². The number of carbonyl (C=O) groups excluding carboxylic acids is 2. The highest BCUT2D eigenvalue weighted by Crippen LogP contribution is 2.32. The predicted octanol–water partition coefficient (Wildman–Crippen LogP) is 0.324. The van der Waals surface area contributed by atoms with Crippen LogP contribution in [-0.4, -0.2) is 54.1 Å². The maximum absolute atomic E-state index is 12.9. The highest BCUT2D eigenvalue weighted by Gasteiger charge is 2.45. The van der Waals surface area contributed by atoms with Gasteiger partial charge in [-0.25, -0.2) is 10.4 Å². The molecule has 3 heterocycles. The maximum atomic E-state index is 12.9. The number of hydrazine groups is 1. The van der Waals surface area contributed by atoms with E-state index >= 15 is 0 Å². The van der Waals surface area contributed by atoms with Crippen LogP contribution in [0.1, 0.15) is 27.7 Å². The van der Waals surface area contributed by atoms with Crippen LogP contribution >= 0.6 is 0 Å². The van der Waals surface area contributed by atoms with Gasteiger partial charge in [-0.2, -0.15) is 0 Å². The second-order valence-corrected chi connectivity index (χ2v) is 7.31. The summed E-state index contributed by atoms with van der Waals surface area (Å²) in [5.41, 5.74) is 1.72. The van der Waals surface area contributed by atoms with Gasteiger partial charge in [-0.1, -0.05) is 20.8 Å². The molecule has 2 amide bonds. The fraction of sp³-hybridized carbons (Fsp3) is 0.625. The number of hydrogen-bond acceptors (Lipinski definition) is 5. The summed E-state index contributed by atoms with van der Waals surface area (Å²) in [6.07, 6.45) is 1.84. The van der Waals surface area contributed by atoms with Crippen molar-refractivity contribution < 1.29 is 15.7 Å². The predicted molar refractivity (Wildman–Crippen MR) is 84.5 cm³/mol. The second-order valence-electron chi connectivity index (χ2n) is 7.31. The lowest BCUT2D eigenvalue weighted by molar-refractivity contribution is -0.129. The molecule has 0 saturated carbocycles. The lowest BCUT2D eigenvalue weighted by Crippen LogP contribution is -2.50. The Kier molecular flexibility index (Phi) is 3.42. The third-order valence-electron chi connectivity index (χ3n) is 4.42. The molecule has 1 unspecified atom stereocenters. The topological polar surface area (TPSA) is 73.9 Å². The first-order chi connectivity index (χ1) is 11.2. The number of nitrogens with zero attached hydrogens (tertiary/aromatic N) is 2. The third kappa shape index (κ3) is 2.53. The van der Waals surface area contributed by atoms with E-state index in [4.69, 9.17) is 6.15 Å². The van der Waals surface area contributed by atoms with Crippen molar-refractivity contribution in [2.24, 2.45) is 5.41 Å². The zero-order valence-corrected chi connectivity index (χ0v) is 14.2. The fourth-order valence-electron chi connectivity index (χ4n) is 2.96. The summed E-state index contributed by atoms with van der Waals surface area (Å²) >= 11 is 0. The molecule has 3 rings (SSSR count). The summed E-state index contributed by atoms with van der Waals surface area (Å²) in [4.78, 5) is 27.1. The van der Waals surface area contributed by atoms with Crippen LogP contribution < -0.4 is 10.7 Å². The minimum Gasteiger partial charge on any atom is -0.383 e. The molecule has 0 aliphatic carbocycles.